The number of aryl methyl sites for hydroxylation is 1. The Morgan fingerprint density at radius 2 is 2.08 bits per heavy atom. The average Bonchev–Trinajstić information content (AvgIpc) is 3.21. The molecule has 1 saturated heterocycles. The zero-order valence-electron chi connectivity index (χ0n) is 14.0. The van der Waals surface area contributed by atoms with Gasteiger partial charge in [0, 0.05) is 45.2 Å². The minimum Gasteiger partial charge on any atom is -0.467 e. The van der Waals surface area contributed by atoms with Crippen molar-refractivity contribution in [1.29, 1.82) is 0 Å². The van der Waals surface area contributed by atoms with E-state index < -0.39 is 11.6 Å². The summed E-state index contributed by atoms with van der Waals surface area (Å²) in [6.07, 6.45) is 2.78. The number of ether oxygens (including phenoxy) is 1. The van der Waals surface area contributed by atoms with Gasteiger partial charge in [0.05, 0.1) is 4.70 Å². The van der Waals surface area contributed by atoms with Crippen LogP contribution in [0.4, 0.5) is 8.78 Å². The highest BCUT2D eigenvalue weighted by Gasteiger charge is 2.27. The van der Waals surface area contributed by atoms with Gasteiger partial charge >= 0.3 is 0 Å². The minimum absolute atomic E-state index is 0.0546. The number of fused-ring (bicyclic) bond motifs is 1. The molecule has 0 spiro atoms. The molecule has 26 heavy (non-hydrogen) atoms. The smallest absolute Gasteiger partial charge is 0.274 e. The molecule has 4 rings (SSSR count). The number of halogens is 2. The molecule has 0 unspecified atom stereocenters. The third-order valence-corrected chi connectivity index (χ3v) is 5.32. The van der Waals surface area contributed by atoms with Gasteiger partial charge < -0.3 is 9.64 Å². The van der Waals surface area contributed by atoms with Crippen molar-refractivity contribution >= 4 is 27.5 Å². The summed E-state index contributed by atoms with van der Waals surface area (Å²) in [5.74, 6) is -1.38. The summed E-state index contributed by atoms with van der Waals surface area (Å²) < 4.78 is 34.8. The summed E-state index contributed by atoms with van der Waals surface area (Å²) in [7, 11) is 1.73. The number of hydrogen-bond donors (Lipinski definition) is 0. The van der Waals surface area contributed by atoms with Crippen LogP contribution in [0.5, 0.6) is 5.19 Å². The number of carbonyl (C=O) groups is 1. The lowest BCUT2D eigenvalue weighted by Crippen LogP contribution is -2.42. The Hall–Kier alpha value is -2.55. The Morgan fingerprint density at radius 3 is 2.77 bits per heavy atom. The fourth-order valence-corrected chi connectivity index (χ4v) is 3.97. The molecule has 0 radical (unpaired) electrons. The van der Waals surface area contributed by atoms with Gasteiger partial charge in [0.25, 0.3) is 11.1 Å². The van der Waals surface area contributed by atoms with Crippen LogP contribution in [-0.4, -0.2) is 44.8 Å². The molecule has 0 N–H and O–H groups in total. The topological polar surface area (TPSA) is 60.2 Å². The first-order valence-electron chi connectivity index (χ1n) is 8.21. The lowest BCUT2D eigenvalue weighted by atomic mass is 10.1. The molecule has 3 aromatic rings. The first kappa shape index (κ1) is 16.9. The number of amides is 1. The second-order valence-electron chi connectivity index (χ2n) is 6.16. The molecule has 3 heterocycles. The molecular formula is C17H16F2N4O2S. The Labute approximate surface area is 152 Å². The predicted molar refractivity (Wildman–Crippen MR) is 92.3 cm³/mol. The van der Waals surface area contributed by atoms with Gasteiger partial charge in [-0.3, -0.25) is 9.48 Å². The predicted octanol–water partition coefficient (Wildman–Crippen LogP) is 2.99. The quantitative estimate of drug-likeness (QED) is 0.703. The first-order chi connectivity index (χ1) is 12.5. The molecule has 136 valence electrons. The van der Waals surface area contributed by atoms with Crippen molar-refractivity contribution in [3.63, 3.8) is 0 Å². The molecule has 1 aliphatic rings. The molecule has 6 nitrogen and oxygen atoms in total. The summed E-state index contributed by atoms with van der Waals surface area (Å²) in [4.78, 5) is 18.4. The number of nitrogens with zero attached hydrogens (tertiary/aromatic N) is 4. The SMILES string of the molecule is Cn1nccc1C(=O)N1CCC(Oc2nc3c(F)cc(F)cc3s2)CC1. The Kier molecular flexibility index (Phi) is 4.31. The van der Waals surface area contributed by atoms with Crippen molar-refractivity contribution in [3.05, 3.63) is 41.7 Å². The zero-order valence-corrected chi connectivity index (χ0v) is 14.8. The van der Waals surface area contributed by atoms with Crippen LogP contribution in [-0.2, 0) is 7.05 Å². The van der Waals surface area contributed by atoms with Crippen molar-refractivity contribution < 1.29 is 18.3 Å². The highest BCUT2D eigenvalue weighted by Crippen LogP contribution is 2.32. The van der Waals surface area contributed by atoms with Gasteiger partial charge in [0.15, 0.2) is 5.82 Å². The van der Waals surface area contributed by atoms with Gasteiger partial charge in [-0.15, -0.1) is 0 Å². The Morgan fingerprint density at radius 1 is 1.31 bits per heavy atom. The van der Waals surface area contributed by atoms with Crippen molar-refractivity contribution in [3.8, 4) is 5.19 Å². The number of rotatable bonds is 3. The maximum atomic E-state index is 13.7. The maximum Gasteiger partial charge on any atom is 0.274 e. The largest absolute Gasteiger partial charge is 0.467 e. The van der Waals surface area contributed by atoms with Crippen LogP contribution in [0.3, 0.4) is 0 Å². The lowest BCUT2D eigenvalue weighted by Gasteiger charge is -2.31. The van der Waals surface area contributed by atoms with Gasteiger partial charge in [0.1, 0.15) is 23.1 Å². The number of aromatic nitrogens is 3. The van der Waals surface area contributed by atoms with E-state index >= 15 is 0 Å². The number of likely N-dealkylation sites (tertiary alicyclic amines) is 1. The van der Waals surface area contributed by atoms with Gasteiger partial charge in [-0.25, -0.2) is 8.78 Å². The van der Waals surface area contributed by atoms with Crippen LogP contribution in [0, 0.1) is 11.6 Å². The van der Waals surface area contributed by atoms with E-state index in [-0.39, 0.29) is 17.5 Å². The second-order valence-corrected chi connectivity index (χ2v) is 7.16. The number of hydrogen-bond acceptors (Lipinski definition) is 5. The lowest BCUT2D eigenvalue weighted by molar-refractivity contribution is 0.0585. The molecule has 0 saturated carbocycles. The molecule has 2 aromatic heterocycles. The molecule has 1 fully saturated rings. The summed E-state index contributed by atoms with van der Waals surface area (Å²) in [5, 5.41) is 4.34. The normalized spacial score (nSPS) is 15.6. The number of thiazole rings is 1. The van der Waals surface area contributed by atoms with E-state index in [0.717, 1.165) is 17.4 Å². The molecular weight excluding hydrogens is 362 g/mol. The third-order valence-electron chi connectivity index (χ3n) is 4.43. The van der Waals surface area contributed by atoms with Crippen LogP contribution in [0.25, 0.3) is 10.2 Å². The molecule has 1 aliphatic heterocycles. The summed E-state index contributed by atoms with van der Waals surface area (Å²) in [6, 6.07) is 3.76. The first-order valence-corrected chi connectivity index (χ1v) is 9.02. The van der Waals surface area contributed by atoms with Gasteiger partial charge in [0.2, 0.25) is 0 Å². The highest BCUT2D eigenvalue weighted by molar-refractivity contribution is 7.20. The van der Waals surface area contributed by atoms with E-state index in [1.807, 2.05) is 0 Å². The Bertz CT molecular complexity index is 963. The fraction of sp³-hybridized carbons (Fsp3) is 0.353. The summed E-state index contributed by atoms with van der Waals surface area (Å²) in [6.45, 7) is 1.12. The number of benzene rings is 1. The van der Waals surface area contributed by atoms with E-state index in [4.69, 9.17) is 4.74 Å². The van der Waals surface area contributed by atoms with E-state index in [1.54, 1.807) is 28.9 Å². The third kappa shape index (κ3) is 3.14. The zero-order chi connectivity index (χ0) is 18.3. The molecule has 1 aromatic carbocycles. The van der Waals surface area contributed by atoms with E-state index in [0.29, 0.717) is 41.5 Å². The standard InChI is InChI=1S/C17H16F2N4O2S/c1-22-13(2-5-20-22)16(24)23-6-3-11(4-7-23)25-17-21-15-12(19)8-10(18)9-14(15)26-17/h2,5,8-9,11H,3-4,6-7H2,1H3. The van der Waals surface area contributed by atoms with Crippen molar-refractivity contribution in [1.82, 2.24) is 19.7 Å². The monoisotopic (exact) mass is 378 g/mol. The van der Waals surface area contributed by atoms with Gasteiger partial charge in [-0.2, -0.15) is 10.1 Å². The summed E-state index contributed by atoms with van der Waals surface area (Å²) in [5.41, 5.74) is 0.670. The maximum absolute atomic E-state index is 13.7. The van der Waals surface area contributed by atoms with Crippen molar-refractivity contribution in [2.75, 3.05) is 13.1 Å². The van der Waals surface area contributed by atoms with Crippen LogP contribution in [0.1, 0.15) is 23.3 Å². The average molecular weight is 378 g/mol. The molecule has 9 heteroatoms. The van der Waals surface area contributed by atoms with Gasteiger partial charge in [-0.05, 0) is 12.1 Å². The van der Waals surface area contributed by atoms with Gasteiger partial charge in [-0.1, -0.05) is 11.3 Å². The second kappa shape index (κ2) is 6.64. The van der Waals surface area contributed by atoms with Crippen molar-refractivity contribution in [2.45, 2.75) is 18.9 Å². The minimum atomic E-state index is -0.692. The summed E-state index contributed by atoms with van der Waals surface area (Å²) >= 11 is 1.12. The Balaban J connectivity index is 1.40. The van der Waals surface area contributed by atoms with E-state index in [2.05, 4.69) is 10.1 Å². The fourth-order valence-electron chi connectivity index (χ4n) is 3.05. The highest BCUT2D eigenvalue weighted by atomic mass is 32.1. The van der Waals surface area contributed by atoms with Crippen LogP contribution in [0.15, 0.2) is 24.4 Å². The number of carbonyl (C=O) groups excluding carboxylic acids is 1. The molecule has 0 aliphatic carbocycles. The molecule has 0 bridgehead atoms. The van der Waals surface area contributed by atoms with Crippen molar-refractivity contribution in [2.24, 2.45) is 7.05 Å². The number of piperidine rings is 1. The van der Waals surface area contributed by atoms with Crippen LogP contribution in [0.2, 0.25) is 0 Å². The van der Waals surface area contributed by atoms with Crippen LogP contribution < -0.4 is 4.74 Å². The van der Waals surface area contributed by atoms with E-state index in [1.165, 1.54) is 6.07 Å². The molecule has 1 amide bonds. The molecule has 0 atom stereocenters. The van der Waals surface area contributed by atoms with Crippen LogP contribution >= 0.6 is 11.3 Å². The van der Waals surface area contributed by atoms with E-state index in [9.17, 15) is 13.6 Å².